The van der Waals surface area contributed by atoms with Gasteiger partial charge in [-0.15, -0.1) is 0 Å². The van der Waals surface area contributed by atoms with E-state index in [1.54, 1.807) is 23.5 Å². The zero-order valence-electron chi connectivity index (χ0n) is 7.00. The highest BCUT2D eigenvalue weighted by Gasteiger charge is 2.28. The molecule has 0 aromatic heterocycles. The van der Waals surface area contributed by atoms with E-state index in [1.807, 2.05) is 12.1 Å². The molecule has 0 radical (unpaired) electrons. The summed E-state index contributed by atoms with van der Waals surface area (Å²) in [6.07, 6.45) is 0. The smallest absolute Gasteiger partial charge is 0.124 e. The molecule has 1 N–H and O–H groups in total. The Bertz CT molecular complexity index is 357. The molecule has 4 heteroatoms. The lowest BCUT2D eigenvalue weighted by Gasteiger charge is -2.26. The van der Waals surface area contributed by atoms with Crippen LogP contribution >= 0.6 is 35.1 Å². The lowest BCUT2D eigenvalue weighted by molar-refractivity contribution is 1.29. The van der Waals surface area contributed by atoms with Crippen molar-refractivity contribution in [1.82, 2.24) is 0 Å². The molecule has 1 aliphatic heterocycles. The molecule has 0 atom stereocenters. The Kier molecular flexibility index (Phi) is 2.58. The maximum absolute atomic E-state index is 7.32. The maximum atomic E-state index is 7.32. The van der Waals surface area contributed by atoms with Gasteiger partial charge in [0.05, 0.1) is 4.58 Å². The van der Waals surface area contributed by atoms with E-state index < -0.39 is 0 Å². The van der Waals surface area contributed by atoms with Gasteiger partial charge in [-0.2, -0.15) is 0 Å². The van der Waals surface area contributed by atoms with Gasteiger partial charge in [0.15, 0.2) is 0 Å². The molecule has 1 nitrogen and oxygen atoms in total. The predicted octanol–water partition coefficient (Wildman–Crippen LogP) is 4.06. The van der Waals surface area contributed by atoms with Crippen molar-refractivity contribution in [3.8, 4) is 0 Å². The van der Waals surface area contributed by atoms with Gasteiger partial charge >= 0.3 is 0 Å². The molecule has 0 aliphatic carbocycles. The van der Waals surface area contributed by atoms with Crippen molar-refractivity contribution in [2.24, 2.45) is 0 Å². The van der Waals surface area contributed by atoms with Gasteiger partial charge in [-0.05, 0) is 30.2 Å². The molecule has 2 rings (SSSR count). The quantitative estimate of drug-likeness (QED) is 0.785. The molecule has 68 valence electrons. The van der Waals surface area contributed by atoms with Gasteiger partial charge in [0, 0.05) is 5.02 Å². The van der Waals surface area contributed by atoms with E-state index in [-0.39, 0.29) is 0 Å². The second-order valence-electron chi connectivity index (χ2n) is 2.86. The van der Waals surface area contributed by atoms with Crippen molar-refractivity contribution in [3.63, 3.8) is 0 Å². The third-order valence-corrected chi connectivity index (χ3v) is 4.67. The summed E-state index contributed by atoms with van der Waals surface area (Å²) in [6.45, 7) is 2.06. The van der Waals surface area contributed by atoms with Gasteiger partial charge in [-0.1, -0.05) is 41.2 Å². The van der Waals surface area contributed by atoms with Crippen LogP contribution in [0.15, 0.2) is 18.2 Å². The van der Waals surface area contributed by atoms with E-state index in [2.05, 4.69) is 13.0 Å². The van der Waals surface area contributed by atoms with E-state index in [0.29, 0.717) is 8.96 Å². The van der Waals surface area contributed by atoms with Gasteiger partial charge in [0.2, 0.25) is 0 Å². The highest BCUT2D eigenvalue weighted by molar-refractivity contribution is 8.52. The van der Waals surface area contributed by atoms with Gasteiger partial charge in [0.25, 0.3) is 0 Å². The topological polar surface area (TPSA) is 23.9 Å². The third-order valence-electron chi connectivity index (χ3n) is 1.91. The molecule has 1 aliphatic rings. The molecule has 0 amide bonds. The Morgan fingerprint density at radius 1 is 1.38 bits per heavy atom. The minimum atomic E-state index is 0.407. The Morgan fingerprint density at radius 2 is 2.08 bits per heavy atom. The number of benzene rings is 1. The average Bonchev–Trinajstić information content (AvgIpc) is 2.00. The first-order valence-corrected chi connectivity index (χ1v) is 5.98. The van der Waals surface area contributed by atoms with Gasteiger partial charge in [-0.25, -0.2) is 0 Å². The van der Waals surface area contributed by atoms with Crippen molar-refractivity contribution in [2.45, 2.75) is 11.5 Å². The van der Waals surface area contributed by atoms with E-state index >= 15 is 0 Å². The summed E-state index contributed by atoms with van der Waals surface area (Å²) in [5.41, 5.74) is 2.50. The van der Waals surface area contributed by atoms with Crippen LogP contribution in [-0.2, 0) is 0 Å². The minimum absolute atomic E-state index is 0.407. The van der Waals surface area contributed by atoms with E-state index in [4.69, 9.17) is 17.0 Å². The molecule has 0 bridgehead atoms. The van der Waals surface area contributed by atoms with E-state index in [0.717, 1.165) is 5.02 Å². The predicted molar refractivity (Wildman–Crippen MR) is 61.8 cm³/mol. The lowest BCUT2D eigenvalue weighted by Crippen LogP contribution is -2.06. The monoisotopic (exact) mass is 229 g/mol. The fourth-order valence-corrected chi connectivity index (χ4v) is 3.52. The zero-order valence-corrected chi connectivity index (χ0v) is 9.39. The summed E-state index contributed by atoms with van der Waals surface area (Å²) >= 11 is 9.07. The number of nitrogens with one attached hydrogen (secondary N) is 1. The van der Waals surface area contributed by atoms with Crippen molar-refractivity contribution in [3.05, 3.63) is 34.3 Å². The molecule has 0 saturated carbocycles. The molecular weight excluding hydrogens is 222 g/mol. The van der Waals surface area contributed by atoms with Crippen LogP contribution in [0.2, 0.25) is 5.02 Å². The van der Waals surface area contributed by atoms with Crippen molar-refractivity contribution in [1.29, 1.82) is 5.41 Å². The number of rotatable bonds is 1. The summed E-state index contributed by atoms with van der Waals surface area (Å²) in [4.78, 5) is 0. The van der Waals surface area contributed by atoms with Crippen LogP contribution in [0.5, 0.6) is 0 Å². The first kappa shape index (κ1) is 9.44. The summed E-state index contributed by atoms with van der Waals surface area (Å²) in [7, 11) is 0. The second kappa shape index (κ2) is 3.56. The molecule has 0 spiro atoms. The molecule has 13 heavy (non-hydrogen) atoms. The fraction of sp³-hybridized carbons (Fsp3) is 0.222. The summed E-state index contributed by atoms with van der Waals surface area (Å²) in [6, 6.07) is 5.93. The number of aryl methyl sites for hydroxylation is 1. The van der Waals surface area contributed by atoms with Crippen molar-refractivity contribution < 1.29 is 0 Å². The van der Waals surface area contributed by atoms with E-state index in [9.17, 15) is 0 Å². The molecular formula is C9H8ClNS2. The van der Waals surface area contributed by atoms with Crippen LogP contribution in [0.3, 0.4) is 0 Å². The summed E-state index contributed by atoms with van der Waals surface area (Å²) in [5, 5.41) is 8.11. The Morgan fingerprint density at radius 3 is 2.62 bits per heavy atom. The Hall–Kier alpha value is -0.120. The van der Waals surface area contributed by atoms with Gasteiger partial charge in [0.1, 0.15) is 4.38 Å². The number of hydrogen-bond acceptors (Lipinski definition) is 3. The first-order chi connectivity index (χ1) is 6.16. The first-order valence-electron chi connectivity index (χ1n) is 3.85. The van der Waals surface area contributed by atoms with Crippen molar-refractivity contribution >= 4 is 39.5 Å². The molecule has 1 saturated heterocycles. The number of halogens is 1. The van der Waals surface area contributed by atoms with Crippen LogP contribution in [0.4, 0.5) is 0 Å². The van der Waals surface area contributed by atoms with Gasteiger partial charge in [-0.3, -0.25) is 5.41 Å². The molecule has 1 aromatic rings. The zero-order chi connectivity index (χ0) is 9.42. The van der Waals surface area contributed by atoms with Crippen LogP contribution < -0.4 is 0 Å². The molecule has 1 heterocycles. The average molecular weight is 230 g/mol. The maximum Gasteiger partial charge on any atom is 0.124 e. The normalized spacial score (nSPS) is 21.4. The number of thioether (sulfide) groups is 2. The van der Waals surface area contributed by atoms with Crippen LogP contribution in [-0.4, -0.2) is 4.38 Å². The highest BCUT2D eigenvalue weighted by Crippen LogP contribution is 2.53. The van der Waals surface area contributed by atoms with Crippen LogP contribution in [0, 0.1) is 12.3 Å². The highest BCUT2D eigenvalue weighted by atomic mass is 35.5. The fourth-order valence-electron chi connectivity index (χ4n) is 1.23. The Balaban J connectivity index is 2.26. The SMILES string of the molecule is Cc1cc(Cl)ccc1C1SC(=N)S1. The standard InChI is InChI=1S/C9H8ClNS2/c1-5-4-6(10)2-3-7(5)8-12-9(11)13-8/h2-4,8,11H,1H3. The molecule has 0 unspecified atom stereocenters. The summed E-state index contributed by atoms with van der Waals surface area (Å²) < 4.78 is 1.11. The summed E-state index contributed by atoms with van der Waals surface area (Å²) in [5.74, 6) is 0. The number of hydrogen-bond donors (Lipinski definition) is 1. The largest absolute Gasteiger partial charge is 0.288 e. The second-order valence-corrected chi connectivity index (χ2v) is 6.08. The van der Waals surface area contributed by atoms with Gasteiger partial charge < -0.3 is 0 Å². The Labute approximate surface area is 90.8 Å². The molecule has 1 aromatic carbocycles. The lowest BCUT2D eigenvalue weighted by atomic mass is 10.1. The third kappa shape index (κ3) is 1.87. The molecule has 1 fully saturated rings. The minimum Gasteiger partial charge on any atom is -0.288 e. The van der Waals surface area contributed by atoms with E-state index in [1.165, 1.54) is 11.1 Å². The van der Waals surface area contributed by atoms with Crippen LogP contribution in [0.1, 0.15) is 15.7 Å². The van der Waals surface area contributed by atoms with Crippen molar-refractivity contribution in [2.75, 3.05) is 0 Å². The van der Waals surface area contributed by atoms with Crippen LogP contribution in [0.25, 0.3) is 0 Å².